The lowest BCUT2D eigenvalue weighted by Crippen LogP contribution is -2.42. The molecule has 0 aromatic rings. The van der Waals surface area contributed by atoms with E-state index in [-0.39, 0.29) is 0 Å². The summed E-state index contributed by atoms with van der Waals surface area (Å²) in [5, 5.41) is 8.12. The lowest BCUT2D eigenvalue weighted by molar-refractivity contribution is -0.133. The molecule has 0 aromatic heterocycles. The Balaban J connectivity index is 2.72. The lowest BCUT2D eigenvalue weighted by Gasteiger charge is -2.24. The molecular formula is C9H14ClF2NO2. The summed E-state index contributed by atoms with van der Waals surface area (Å²) in [5.41, 5.74) is 0. The number of carbonyl (C=O) groups is 1. The first kappa shape index (κ1) is 12.6. The molecule has 0 unspecified atom stereocenters. The van der Waals surface area contributed by atoms with Crippen LogP contribution in [-0.2, 0) is 4.79 Å². The van der Waals surface area contributed by atoms with E-state index in [1.807, 2.05) is 0 Å². The third-order valence-electron chi connectivity index (χ3n) is 2.50. The van der Waals surface area contributed by atoms with Crippen molar-refractivity contribution >= 4 is 17.5 Å². The fourth-order valence-electron chi connectivity index (χ4n) is 1.67. The van der Waals surface area contributed by atoms with Crippen LogP contribution < -0.4 is 0 Å². The molecule has 15 heavy (non-hydrogen) atoms. The van der Waals surface area contributed by atoms with E-state index >= 15 is 0 Å². The molecule has 0 spiro atoms. The van der Waals surface area contributed by atoms with Gasteiger partial charge in [-0.3, -0.25) is 4.79 Å². The number of amides is 1. The quantitative estimate of drug-likeness (QED) is 0.755. The van der Waals surface area contributed by atoms with Gasteiger partial charge in [-0.2, -0.15) is 0 Å². The molecule has 1 amide bonds. The van der Waals surface area contributed by atoms with Gasteiger partial charge < -0.3 is 10.0 Å². The summed E-state index contributed by atoms with van der Waals surface area (Å²) < 4.78 is 26.0. The summed E-state index contributed by atoms with van der Waals surface area (Å²) in [6.07, 6.45) is -0.0941. The highest BCUT2D eigenvalue weighted by Crippen LogP contribution is 2.32. The van der Waals surface area contributed by atoms with Gasteiger partial charge in [-0.15, -0.1) is 11.6 Å². The summed E-state index contributed by atoms with van der Waals surface area (Å²) in [5.74, 6) is -3.43. The maximum absolute atomic E-state index is 13.0. The highest BCUT2D eigenvalue weighted by Gasteiger charge is 2.47. The number of hydrogen-bond donors (Lipinski definition) is 1. The SMILES string of the molecule is CC[C@@H](Cl)C(=O)N1CC(F)(F)C[C@@H]1CO. The van der Waals surface area contributed by atoms with Gasteiger partial charge >= 0.3 is 0 Å². The van der Waals surface area contributed by atoms with Crippen LogP contribution in [0.15, 0.2) is 0 Å². The minimum atomic E-state index is -2.91. The van der Waals surface area contributed by atoms with E-state index in [1.54, 1.807) is 6.92 Å². The standard InChI is InChI=1S/C9H14ClF2NO2/c1-2-7(10)8(15)13-5-9(11,12)3-6(13)4-14/h6-7,14H,2-5H2,1H3/t6-,7-/m1/s1. The number of aliphatic hydroxyl groups is 1. The van der Waals surface area contributed by atoms with Gasteiger partial charge in [0.1, 0.15) is 5.38 Å². The number of nitrogens with zero attached hydrogens (tertiary/aromatic N) is 1. The topological polar surface area (TPSA) is 40.5 Å². The zero-order chi connectivity index (χ0) is 11.6. The fourth-order valence-corrected chi connectivity index (χ4v) is 1.80. The van der Waals surface area contributed by atoms with Gasteiger partial charge in [-0.05, 0) is 6.42 Å². The molecule has 1 aliphatic rings. The molecule has 1 saturated heterocycles. The minimum Gasteiger partial charge on any atom is -0.394 e. The Hall–Kier alpha value is -0.420. The lowest BCUT2D eigenvalue weighted by atomic mass is 10.2. The molecule has 1 heterocycles. The van der Waals surface area contributed by atoms with Crippen molar-refractivity contribution in [2.45, 2.75) is 37.1 Å². The van der Waals surface area contributed by atoms with Crippen molar-refractivity contribution in [3.63, 3.8) is 0 Å². The van der Waals surface area contributed by atoms with Crippen molar-refractivity contribution in [2.24, 2.45) is 0 Å². The van der Waals surface area contributed by atoms with E-state index in [0.29, 0.717) is 6.42 Å². The van der Waals surface area contributed by atoms with Crippen molar-refractivity contribution in [1.82, 2.24) is 4.90 Å². The fraction of sp³-hybridized carbons (Fsp3) is 0.889. The molecule has 6 heteroatoms. The summed E-state index contributed by atoms with van der Waals surface area (Å²) in [6, 6.07) is -0.805. The zero-order valence-electron chi connectivity index (χ0n) is 8.42. The van der Waals surface area contributed by atoms with Crippen LogP contribution in [0.2, 0.25) is 0 Å². The summed E-state index contributed by atoms with van der Waals surface area (Å²) in [6.45, 7) is 0.618. The van der Waals surface area contributed by atoms with Crippen LogP contribution >= 0.6 is 11.6 Å². The van der Waals surface area contributed by atoms with Crippen LogP contribution in [0, 0.1) is 0 Å². The predicted molar refractivity (Wildman–Crippen MR) is 52.1 cm³/mol. The smallest absolute Gasteiger partial charge is 0.267 e. The second kappa shape index (κ2) is 4.61. The van der Waals surface area contributed by atoms with Crippen molar-refractivity contribution in [3.8, 4) is 0 Å². The Morgan fingerprint density at radius 1 is 1.73 bits per heavy atom. The van der Waals surface area contributed by atoms with Crippen LogP contribution in [0.25, 0.3) is 0 Å². The Morgan fingerprint density at radius 2 is 2.33 bits per heavy atom. The average molecular weight is 242 g/mol. The monoisotopic (exact) mass is 241 g/mol. The maximum atomic E-state index is 13.0. The Bertz CT molecular complexity index is 250. The van der Waals surface area contributed by atoms with E-state index in [4.69, 9.17) is 16.7 Å². The van der Waals surface area contributed by atoms with Gasteiger partial charge in [0.2, 0.25) is 5.91 Å². The molecule has 0 aliphatic carbocycles. The van der Waals surface area contributed by atoms with Gasteiger partial charge in [-0.25, -0.2) is 8.78 Å². The Morgan fingerprint density at radius 3 is 2.80 bits per heavy atom. The van der Waals surface area contributed by atoms with E-state index in [0.717, 1.165) is 4.90 Å². The van der Waals surface area contributed by atoms with Crippen LogP contribution in [0.4, 0.5) is 8.78 Å². The number of alkyl halides is 3. The number of aliphatic hydroxyl groups excluding tert-OH is 1. The van der Waals surface area contributed by atoms with Crippen molar-refractivity contribution in [1.29, 1.82) is 0 Å². The van der Waals surface area contributed by atoms with Gasteiger partial charge in [0, 0.05) is 6.42 Å². The first-order valence-corrected chi connectivity index (χ1v) is 5.28. The number of halogens is 3. The molecule has 0 aromatic carbocycles. The third kappa shape index (κ3) is 2.78. The maximum Gasteiger partial charge on any atom is 0.267 e. The Kier molecular flexibility index (Phi) is 3.89. The van der Waals surface area contributed by atoms with E-state index < -0.39 is 42.8 Å². The Labute approximate surface area is 92.0 Å². The molecule has 3 nitrogen and oxygen atoms in total. The molecule has 1 N–H and O–H groups in total. The summed E-state index contributed by atoms with van der Waals surface area (Å²) in [4.78, 5) is 12.6. The number of rotatable bonds is 3. The largest absolute Gasteiger partial charge is 0.394 e. The molecule has 2 atom stereocenters. The van der Waals surface area contributed by atoms with Crippen molar-refractivity contribution < 1.29 is 18.7 Å². The van der Waals surface area contributed by atoms with Gasteiger partial charge in [0.15, 0.2) is 0 Å². The summed E-state index contributed by atoms with van der Waals surface area (Å²) in [7, 11) is 0. The number of carbonyl (C=O) groups excluding carboxylic acids is 1. The highest BCUT2D eigenvalue weighted by atomic mass is 35.5. The molecule has 0 bridgehead atoms. The van der Waals surface area contributed by atoms with Crippen LogP contribution in [0.5, 0.6) is 0 Å². The summed E-state index contributed by atoms with van der Waals surface area (Å²) >= 11 is 5.69. The van der Waals surface area contributed by atoms with Gasteiger partial charge in [0.05, 0.1) is 19.2 Å². The molecule has 1 aliphatic heterocycles. The molecule has 1 fully saturated rings. The molecular weight excluding hydrogens is 228 g/mol. The molecule has 0 radical (unpaired) electrons. The minimum absolute atomic E-state index is 0.389. The third-order valence-corrected chi connectivity index (χ3v) is 2.99. The van der Waals surface area contributed by atoms with Gasteiger partial charge in [0.25, 0.3) is 5.92 Å². The molecule has 1 rings (SSSR count). The molecule has 0 saturated carbocycles. The first-order chi connectivity index (χ1) is 6.91. The average Bonchev–Trinajstić information content (AvgIpc) is 2.51. The van der Waals surface area contributed by atoms with Crippen molar-refractivity contribution in [2.75, 3.05) is 13.2 Å². The van der Waals surface area contributed by atoms with Crippen LogP contribution in [-0.4, -0.2) is 46.4 Å². The van der Waals surface area contributed by atoms with E-state index in [1.165, 1.54) is 0 Å². The highest BCUT2D eigenvalue weighted by molar-refractivity contribution is 6.30. The van der Waals surface area contributed by atoms with E-state index in [9.17, 15) is 13.6 Å². The van der Waals surface area contributed by atoms with Gasteiger partial charge in [-0.1, -0.05) is 6.92 Å². The predicted octanol–water partition coefficient (Wildman–Crippen LogP) is 1.23. The molecule has 88 valence electrons. The second-order valence-electron chi connectivity index (χ2n) is 3.74. The van der Waals surface area contributed by atoms with Crippen molar-refractivity contribution in [3.05, 3.63) is 0 Å². The normalized spacial score (nSPS) is 26.7. The zero-order valence-corrected chi connectivity index (χ0v) is 9.18. The first-order valence-electron chi connectivity index (χ1n) is 4.84. The van der Waals surface area contributed by atoms with Crippen LogP contribution in [0.1, 0.15) is 19.8 Å². The number of likely N-dealkylation sites (tertiary alicyclic amines) is 1. The number of hydrogen-bond acceptors (Lipinski definition) is 2. The van der Waals surface area contributed by atoms with Crippen LogP contribution in [0.3, 0.4) is 0 Å². The van der Waals surface area contributed by atoms with E-state index in [2.05, 4.69) is 0 Å². The second-order valence-corrected chi connectivity index (χ2v) is 4.27.